The van der Waals surface area contributed by atoms with Gasteiger partial charge >= 0.3 is 6.01 Å². The molecule has 2 saturated heterocycles. The zero-order valence-corrected chi connectivity index (χ0v) is 23.9. The Morgan fingerprint density at radius 1 is 1.02 bits per heavy atom. The van der Waals surface area contributed by atoms with Crippen molar-refractivity contribution in [2.75, 3.05) is 38.2 Å². The lowest BCUT2D eigenvalue weighted by molar-refractivity contribution is 0.188. The molecule has 3 fully saturated rings. The number of fused-ring (bicyclic) bond motifs is 4. The number of aromatic nitrogens is 3. The molecule has 7 rings (SSSR count). The SMILES string of the molecule is C#Cc1c(F)ccc2cc(O)cc(-c3nc(C#C)c4c(N5CC6CCC(C6)C5)nc(OC[C@H]5CCCN5C)nc4c3F)c12. The number of phenols is 1. The highest BCUT2D eigenvalue weighted by molar-refractivity contribution is 6.04. The molecule has 2 bridgehead atoms. The summed E-state index contributed by atoms with van der Waals surface area (Å²) < 4.78 is 37.8. The Balaban J connectivity index is 1.46. The molecule has 9 heteroatoms. The number of likely N-dealkylation sites (tertiary alicyclic amines) is 1. The molecular weight excluding hydrogens is 548 g/mol. The minimum atomic E-state index is -0.778. The predicted molar refractivity (Wildman–Crippen MR) is 162 cm³/mol. The Morgan fingerprint density at radius 3 is 2.51 bits per heavy atom. The predicted octanol–water partition coefficient (Wildman–Crippen LogP) is 5.50. The third kappa shape index (κ3) is 4.69. The zero-order chi connectivity index (χ0) is 29.8. The van der Waals surface area contributed by atoms with Gasteiger partial charge in [-0.25, -0.2) is 13.8 Å². The maximum atomic E-state index is 16.8. The summed E-state index contributed by atoms with van der Waals surface area (Å²) in [5.41, 5.74) is -0.0202. The maximum Gasteiger partial charge on any atom is 0.319 e. The van der Waals surface area contributed by atoms with Crippen LogP contribution in [0, 0.1) is 48.2 Å². The summed E-state index contributed by atoms with van der Waals surface area (Å²) in [6.45, 7) is 2.92. The quantitative estimate of drug-likeness (QED) is 0.313. The van der Waals surface area contributed by atoms with Gasteiger partial charge < -0.3 is 19.6 Å². The van der Waals surface area contributed by atoms with E-state index in [0.717, 1.165) is 45.3 Å². The minimum absolute atomic E-state index is 0.0363. The Kier molecular flexibility index (Phi) is 6.79. The molecule has 3 aliphatic rings. The second-order valence-corrected chi connectivity index (χ2v) is 12.0. The van der Waals surface area contributed by atoms with Gasteiger partial charge in [0.05, 0.1) is 10.9 Å². The van der Waals surface area contributed by atoms with E-state index in [9.17, 15) is 9.50 Å². The van der Waals surface area contributed by atoms with E-state index in [1.807, 2.05) is 0 Å². The molecule has 7 nitrogen and oxygen atoms in total. The normalized spacial score (nSPS) is 21.8. The number of pyridine rings is 1. The van der Waals surface area contributed by atoms with Crippen LogP contribution in [0.25, 0.3) is 32.9 Å². The lowest BCUT2D eigenvalue weighted by Crippen LogP contribution is -2.37. The molecule has 0 radical (unpaired) electrons. The first-order chi connectivity index (χ1) is 20.8. The van der Waals surface area contributed by atoms with Crippen molar-refractivity contribution < 1.29 is 18.6 Å². The Labute approximate surface area is 248 Å². The number of nitrogens with zero attached hydrogens (tertiary/aromatic N) is 5. The van der Waals surface area contributed by atoms with E-state index in [1.54, 1.807) is 0 Å². The summed E-state index contributed by atoms with van der Waals surface area (Å²) in [6, 6.07) is 5.73. The van der Waals surface area contributed by atoms with Gasteiger partial charge in [0.15, 0.2) is 5.82 Å². The van der Waals surface area contributed by atoms with Gasteiger partial charge in [-0.3, -0.25) is 0 Å². The van der Waals surface area contributed by atoms with Crippen LogP contribution < -0.4 is 9.64 Å². The number of halogens is 2. The van der Waals surface area contributed by atoms with Crippen LogP contribution in [0.1, 0.15) is 43.4 Å². The number of benzene rings is 2. The van der Waals surface area contributed by atoms with Crippen LogP contribution in [0.3, 0.4) is 0 Å². The molecule has 1 aliphatic carbocycles. The summed E-state index contributed by atoms with van der Waals surface area (Å²) in [4.78, 5) is 18.4. The highest BCUT2D eigenvalue weighted by Gasteiger charge is 2.35. The Hall–Kier alpha value is -4.47. The Morgan fingerprint density at radius 2 is 1.81 bits per heavy atom. The zero-order valence-electron chi connectivity index (χ0n) is 23.9. The first kappa shape index (κ1) is 27.4. The second kappa shape index (κ2) is 10.7. The van der Waals surface area contributed by atoms with Crippen molar-refractivity contribution in [3.63, 3.8) is 0 Å². The third-order valence-electron chi connectivity index (χ3n) is 9.32. The molecule has 0 spiro atoms. The van der Waals surface area contributed by atoms with Gasteiger partial charge in [0.1, 0.15) is 40.9 Å². The summed E-state index contributed by atoms with van der Waals surface area (Å²) in [7, 11) is 2.06. The first-order valence-corrected chi connectivity index (χ1v) is 14.7. The van der Waals surface area contributed by atoms with Gasteiger partial charge in [-0.1, -0.05) is 12.0 Å². The van der Waals surface area contributed by atoms with Crippen molar-refractivity contribution in [2.24, 2.45) is 11.8 Å². The second-order valence-electron chi connectivity index (χ2n) is 12.0. The van der Waals surface area contributed by atoms with Gasteiger partial charge in [-0.05, 0) is 87.0 Å². The molecule has 43 heavy (non-hydrogen) atoms. The number of phenolic OH excluding ortho intramolecular Hbond substituents is 1. The molecule has 1 saturated carbocycles. The summed E-state index contributed by atoms with van der Waals surface area (Å²) in [5, 5.41) is 11.6. The van der Waals surface area contributed by atoms with Crippen LogP contribution in [-0.2, 0) is 0 Å². The van der Waals surface area contributed by atoms with Crippen LogP contribution in [-0.4, -0.2) is 64.3 Å². The molecule has 4 aromatic rings. The molecule has 0 amide bonds. The fraction of sp³-hybridized carbons (Fsp3) is 0.382. The molecule has 2 aromatic carbocycles. The smallest absolute Gasteiger partial charge is 0.319 e. The lowest BCUT2D eigenvalue weighted by Gasteiger charge is -2.33. The lowest BCUT2D eigenvalue weighted by atomic mass is 9.95. The van der Waals surface area contributed by atoms with E-state index in [4.69, 9.17) is 22.6 Å². The van der Waals surface area contributed by atoms with Crippen molar-refractivity contribution >= 4 is 27.5 Å². The van der Waals surface area contributed by atoms with E-state index < -0.39 is 11.6 Å². The number of hydrogen-bond acceptors (Lipinski definition) is 7. The summed E-state index contributed by atoms with van der Waals surface area (Å²) in [6.07, 6.45) is 17.2. The molecule has 2 unspecified atom stereocenters. The number of ether oxygens (including phenoxy) is 1. The summed E-state index contributed by atoms with van der Waals surface area (Å²) in [5.74, 6) is 4.99. The maximum absolute atomic E-state index is 16.8. The standard InChI is InChI=1S/C34H31F2N5O2/c1-4-24-26(35)11-10-21-14-23(42)15-25(28(21)24)31-30(36)32-29(27(5-2)37-31)33(41-16-19-8-9-20(13-19)17-41)39-34(38-32)43-18-22-7-6-12-40(22)3/h1-2,10-11,14-15,19-20,22,42H,6-9,12-13,16-18H2,3H3/t19?,20?,22-/m1/s1. The molecule has 1 N–H and O–H groups in total. The number of anilines is 1. The van der Waals surface area contributed by atoms with Crippen molar-refractivity contribution in [2.45, 2.75) is 38.1 Å². The average Bonchev–Trinajstić information content (AvgIpc) is 3.58. The number of hydrogen-bond donors (Lipinski definition) is 1. The average molecular weight is 580 g/mol. The minimum Gasteiger partial charge on any atom is -0.508 e. The van der Waals surface area contributed by atoms with E-state index in [-0.39, 0.29) is 51.2 Å². The van der Waals surface area contributed by atoms with Crippen LogP contribution in [0.15, 0.2) is 24.3 Å². The fourth-order valence-electron chi connectivity index (χ4n) is 7.21. The molecule has 2 aliphatic heterocycles. The van der Waals surface area contributed by atoms with E-state index in [2.05, 4.69) is 38.7 Å². The third-order valence-corrected chi connectivity index (χ3v) is 9.32. The van der Waals surface area contributed by atoms with Gasteiger partial charge in [0.2, 0.25) is 0 Å². The van der Waals surface area contributed by atoms with Gasteiger partial charge in [-0.15, -0.1) is 12.8 Å². The number of terminal acetylenes is 2. The van der Waals surface area contributed by atoms with Crippen molar-refractivity contribution in [1.29, 1.82) is 0 Å². The van der Waals surface area contributed by atoms with Crippen LogP contribution in [0.5, 0.6) is 11.8 Å². The molecule has 2 aromatic heterocycles. The summed E-state index contributed by atoms with van der Waals surface area (Å²) >= 11 is 0. The number of aromatic hydroxyl groups is 1. The molecule has 4 heterocycles. The monoisotopic (exact) mass is 579 g/mol. The van der Waals surface area contributed by atoms with Gasteiger partial charge in [-0.2, -0.15) is 9.97 Å². The van der Waals surface area contributed by atoms with Crippen LogP contribution in [0.2, 0.25) is 0 Å². The van der Waals surface area contributed by atoms with Crippen molar-refractivity contribution in [3.05, 3.63) is 47.2 Å². The largest absolute Gasteiger partial charge is 0.508 e. The van der Waals surface area contributed by atoms with Crippen LogP contribution >= 0.6 is 0 Å². The van der Waals surface area contributed by atoms with Crippen LogP contribution in [0.4, 0.5) is 14.6 Å². The topological polar surface area (TPSA) is 74.6 Å². The highest BCUT2D eigenvalue weighted by Crippen LogP contribution is 2.43. The van der Waals surface area contributed by atoms with E-state index >= 15 is 4.39 Å². The van der Waals surface area contributed by atoms with Gasteiger partial charge in [0.25, 0.3) is 0 Å². The van der Waals surface area contributed by atoms with E-state index in [1.165, 1.54) is 30.7 Å². The number of piperidine rings is 1. The number of rotatable bonds is 5. The molecular formula is C34H31F2N5O2. The number of likely N-dealkylation sites (N-methyl/N-ethyl adjacent to an activating group) is 1. The van der Waals surface area contributed by atoms with Gasteiger partial charge in [0, 0.05) is 30.1 Å². The van der Waals surface area contributed by atoms with Crippen molar-refractivity contribution in [1.82, 2.24) is 19.9 Å². The first-order valence-electron chi connectivity index (χ1n) is 14.7. The molecule has 3 atom stereocenters. The van der Waals surface area contributed by atoms with Crippen molar-refractivity contribution in [3.8, 4) is 47.7 Å². The Bertz CT molecular complexity index is 1850. The van der Waals surface area contributed by atoms with E-state index in [0.29, 0.717) is 35.0 Å². The highest BCUT2D eigenvalue weighted by atomic mass is 19.1. The fourth-order valence-corrected chi connectivity index (χ4v) is 7.21. The molecule has 218 valence electrons.